The van der Waals surface area contributed by atoms with Gasteiger partial charge in [-0.3, -0.25) is 4.79 Å². The summed E-state index contributed by atoms with van der Waals surface area (Å²) < 4.78 is 5.53. The molecule has 6 nitrogen and oxygen atoms in total. The zero-order chi connectivity index (χ0) is 30.6. The molecule has 0 aliphatic heterocycles. The Morgan fingerprint density at radius 2 is 1.16 bits per heavy atom. The fourth-order valence-corrected chi connectivity index (χ4v) is 5.53. The van der Waals surface area contributed by atoms with E-state index in [-0.39, 0.29) is 6.09 Å². The fraction of sp³-hybridized carbons (Fsp3) is 0.622. The third-order valence-corrected chi connectivity index (χ3v) is 8.21. The molecule has 0 heterocycles. The Morgan fingerprint density at radius 1 is 0.651 bits per heavy atom. The molecule has 240 valence electrons. The van der Waals surface area contributed by atoms with Crippen molar-refractivity contribution in [2.75, 3.05) is 31.6 Å². The Hall–Kier alpha value is -3.02. The molecule has 0 radical (unpaired) electrons. The third-order valence-electron chi connectivity index (χ3n) is 8.21. The molecule has 0 saturated heterocycles. The van der Waals surface area contributed by atoms with Crippen molar-refractivity contribution in [3.8, 4) is 0 Å². The Balaban J connectivity index is 1.41. The summed E-state index contributed by atoms with van der Waals surface area (Å²) >= 11 is 0. The van der Waals surface area contributed by atoms with Crippen molar-refractivity contribution in [1.82, 2.24) is 10.6 Å². The van der Waals surface area contributed by atoms with Gasteiger partial charge >= 0.3 is 6.09 Å². The van der Waals surface area contributed by atoms with Gasteiger partial charge in [0.2, 0.25) is 6.41 Å². The van der Waals surface area contributed by atoms with E-state index in [9.17, 15) is 9.59 Å². The first kappa shape index (κ1) is 36.2. The van der Waals surface area contributed by atoms with Gasteiger partial charge in [0.25, 0.3) is 0 Å². The second-order valence-corrected chi connectivity index (χ2v) is 11.9. The normalized spacial score (nSPS) is 10.8. The molecule has 0 atom stereocenters. The van der Waals surface area contributed by atoms with E-state index in [0.29, 0.717) is 13.2 Å². The lowest BCUT2D eigenvalue weighted by molar-refractivity contribution is -0.109. The standard InChI is InChI=1S/C37H59N3O3/c1-40(36-27-18-16-19-28-36)31-23-30-39-37(42)43-32-35-26-21-20-25-34(35)24-17-14-12-10-8-6-4-2-3-5-7-9-11-13-15-22-29-38-33-41/h16,18-21,25-28,33H,2-15,17,22-24,29-32H2,1H3,(H,38,41)(H,39,42). The van der Waals surface area contributed by atoms with Gasteiger partial charge in [0.15, 0.2) is 0 Å². The van der Waals surface area contributed by atoms with E-state index in [4.69, 9.17) is 4.74 Å². The summed E-state index contributed by atoms with van der Waals surface area (Å²) in [6.07, 6.45) is 23.5. The SMILES string of the molecule is CN(CCCNC(=O)OCc1ccccc1CCCCCCCCCCCCCCCCCCNC=O)c1ccccc1. The number of nitrogens with one attached hydrogen (secondary N) is 2. The van der Waals surface area contributed by atoms with Gasteiger partial charge < -0.3 is 20.3 Å². The number of ether oxygens (including phenoxy) is 1. The van der Waals surface area contributed by atoms with E-state index in [1.54, 1.807) is 0 Å². The molecule has 0 saturated carbocycles. The highest BCUT2D eigenvalue weighted by Gasteiger charge is 2.07. The summed E-state index contributed by atoms with van der Waals surface area (Å²) in [5, 5.41) is 5.62. The molecule has 2 aromatic rings. The number of amides is 2. The maximum atomic E-state index is 12.2. The van der Waals surface area contributed by atoms with Crippen LogP contribution in [0.4, 0.5) is 10.5 Å². The van der Waals surface area contributed by atoms with Crippen molar-refractivity contribution in [2.45, 2.75) is 122 Å². The number of aryl methyl sites for hydroxylation is 1. The van der Waals surface area contributed by atoms with Crippen molar-refractivity contribution in [3.05, 3.63) is 65.7 Å². The van der Waals surface area contributed by atoms with Gasteiger partial charge in [0.1, 0.15) is 6.61 Å². The summed E-state index contributed by atoms with van der Waals surface area (Å²) in [7, 11) is 2.07. The predicted octanol–water partition coefficient (Wildman–Crippen LogP) is 8.97. The number of carbonyl (C=O) groups is 2. The number of carbonyl (C=O) groups excluding carboxylic acids is 2. The van der Waals surface area contributed by atoms with Crippen LogP contribution < -0.4 is 15.5 Å². The van der Waals surface area contributed by atoms with E-state index in [2.05, 4.69) is 52.9 Å². The Bertz CT molecular complexity index is 953. The zero-order valence-electron chi connectivity index (χ0n) is 27.0. The van der Waals surface area contributed by atoms with E-state index in [1.165, 1.54) is 108 Å². The van der Waals surface area contributed by atoms with Crippen molar-refractivity contribution in [2.24, 2.45) is 0 Å². The molecule has 0 fully saturated rings. The first-order valence-corrected chi connectivity index (χ1v) is 17.1. The van der Waals surface area contributed by atoms with Gasteiger partial charge in [-0.15, -0.1) is 0 Å². The van der Waals surface area contributed by atoms with Crippen LogP contribution in [0.2, 0.25) is 0 Å². The minimum atomic E-state index is -0.343. The molecule has 6 heteroatoms. The molecule has 2 amide bonds. The number of benzene rings is 2. The highest BCUT2D eigenvalue weighted by molar-refractivity contribution is 5.67. The van der Waals surface area contributed by atoms with E-state index < -0.39 is 0 Å². The Kier molecular flexibility index (Phi) is 21.4. The average molecular weight is 594 g/mol. The van der Waals surface area contributed by atoms with Crippen LogP contribution in [0, 0.1) is 0 Å². The van der Waals surface area contributed by atoms with Gasteiger partial charge in [-0.25, -0.2) is 4.79 Å². The van der Waals surface area contributed by atoms with Crippen molar-refractivity contribution < 1.29 is 14.3 Å². The van der Waals surface area contributed by atoms with Crippen LogP contribution in [0.5, 0.6) is 0 Å². The number of alkyl carbamates (subject to hydrolysis) is 1. The second kappa shape index (κ2) is 25.5. The summed E-state index contributed by atoms with van der Waals surface area (Å²) in [5.74, 6) is 0. The molecule has 2 rings (SSSR count). The summed E-state index contributed by atoms with van der Waals surface area (Å²) in [4.78, 5) is 24.6. The second-order valence-electron chi connectivity index (χ2n) is 11.9. The van der Waals surface area contributed by atoms with Crippen molar-refractivity contribution >= 4 is 18.2 Å². The maximum Gasteiger partial charge on any atom is 0.407 e. The van der Waals surface area contributed by atoms with Gasteiger partial charge in [-0.1, -0.05) is 132 Å². The lowest BCUT2D eigenvalue weighted by Crippen LogP contribution is -2.28. The quantitative estimate of drug-likeness (QED) is 0.0801. The molecule has 0 aliphatic carbocycles. The fourth-order valence-electron chi connectivity index (χ4n) is 5.53. The number of unbranched alkanes of at least 4 members (excludes halogenated alkanes) is 15. The Labute approximate surface area is 262 Å². The summed E-state index contributed by atoms with van der Waals surface area (Å²) in [6, 6.07) is 18.6. The number of rotatable bonds is 27. The molecule has 0 unspecified atom stereocenters. The highest BCUT2D eigenvalue weighted by atomic mass is 16.5. The van der Waals surface area contributed by atoms with E-state index in [0.717, 1.165) is 44.3 Å². The van der Waals surface area contributed by atoms with Crippen LogP contribution in [0.1, 0.15) is 120 Å². The molecular weight excluding hydrogens is 534 g/mol. The topological polar surface area (TPSA) is 70.7 Å². The molecule has 2 aromatic carbocycles. The average Bonchev–Trinajstić information content (AvgIpc) is 3.04. The largest absolute Gasteiger partial charge is 0.445 e. The Morgan fingerprint density at radius 3 is 1.74 bits per heavy atom. The van der Waals surface area contributed by atoms with Gasteiger partial charge in [-0.2, -0.15) is 0 Å². The number of hydrogen-bond acceptors (Lipinski definition) is 4. The number of hydrogen-bond donors (Lipinski definition) is 2. The predicted molar refractivity (Wildman–Crippen MR) is 181 cm³/mol. The first-order chi connectivity index (χ1) is 21.2. The van der Waals surface area contributed by atoms with Crippen LogP contribution >= 0.6 is 0 Å². The van der Waals surface area contributed by atoms with Gasteiger partial charge in [0, 0.05) is 32.4 Å². The van der Waals surface area contributed by atoms with Crippen molar-refractivity contribution in [3.63, 3.8) is 0 Å². The molecule has 0 aliphatic rings. The number of para-hydroxylation sites is 1. The van der Waals surface area contributed by atoms with Crippen LogP contribution in [-0.2, 0) is 22.6 Å². The lowest BCUT2D eigenvalue weighted by Gasteiger charge is -2.19. The number of anilines is 1. The van der Waals surface area contributed by atoms with Crippen LogP contribution in [-0.4, -0.2) is 39.2 Å². The molecule has 2 N–H and O–H groups in total. The molecule has 0 aromatic heterocycles. The highest BCUT2D eigenvalue weighted by Crippen LogP contribution is 2.17. The molecule has 43 heavy (non-hydrogen) atoms. The van der Waals surface area contributed by atoms with Crippen LogP contribution in [0.15, 0.2) is 54.6 Å². The lowest BCUT2D eigenvalue weighted by atomic mass is 10.0. The summed E-state index contributed by atoms with van der Waals surface area (Å²) in [6.45, 7) is 2.63. The molecular formula is C37H59N3O3. The zero-order valence-corrected chi connectivity index (χ0v) is 27.0. The smallest absolute Gasteiger partial charge is 0.407 e. The van der Waals surface area contributed by atoms with E-state index >= 15 is 0 Å². The monoisotopic (exact) mass is 593 g/mol. The van der Waals surface area contributed by atoms with E-state index in [1.807, 2.05) is 24.3 Å². The van der Waals surface area contributed by atoms with Gasteiger partial charge in [0.05, 0.1) is 0 Å². The van der Waals surface area contributed by atoms with Gasteiger partial charge in [-0.05, 0) is 48.9 Å². The first-order valence-electron chi connectivity index (χ1n) is 17.1. The van der Waals surface area contributed by atoms with Crippen molar-refractivity contribution in [1.29, 1.82) is 0 Å². The number of nitrogens with zero attached hydrogens (tertiary/aromatic N) is 1. The minimum Gasteiger partial charge on any atom is -0.445 e. The molecule has 0 spiro atoms. The summed E-state index contributed by atoms with van der Waals surface area (Å²) in [5.41, 5.74) is 3.59. The molecule has 0 bridgehead atoms. The van der Waals surface area contributed by atoms with Crippen LogP contribution in [0.25, 0.3) is 0 Å². The minimum absolute atomic E-state index is 0.327. The third kappa shape index (κ3) is 19.0. The van der Waals surface area contributed by atoms with Crippen LogP contribution in [0.3, 0.4) is 0 Å². The maximum absolute atomic E-state index is 12.2.